The van der Waals surface area contributed by atoms with Crippen LogP contribution in [0.3, 0.4) is 0 Å². The molecule has 0 aliphatic carbocycles. The molecule has 0 heterocycles. The van der Waals surface area contributed by atoms with Crippen LogP contribution >= 0.6 is 0 Å². The van der Waals surface area contributed by atoms with Gasteiger partial charge in [-0.1, -0.05) is 48.5 Å². The number of hydrogen-bond acceptors (Lipinski definition) is 4. The lowest BCUT2D eigenvalue weighted by atomic mass is 9.98. The van der Waals surface area contributed by atoms with Crippen LogP contribution in [0, 0.1) is 0 Å². The number of anilines is 2. The highest BCUT2D eigenvalue weighted by molar-refractivity contribution is 6.17. The minimum absolute atomic E-state index is 0.216. The molecule has 0 fully saturated rings. The topological polar surface area (TPSA) is 75.7 Å². The van der Waals surface area contributed by atoms with E-state index in [1.807, 2.05) is 6.07 Å². The van der Waals surface area contributed by atoms with Crippen molar-refractivity contribution in [2.75, 3.05) is 24.4 Å². The molecule has 3 aromatic rings. The number of ether oxygens (including phenoxy) is 1. The van der Waals surface area contributed by atoms with Crippen molar-refractivity contribution in [1.82, 2.24) is 0 Å². The number of nitrogens with one attached hydrogen (secondary N) is 1. The van der Waals surface area contributed by atoms with Crippen molar-refractivity contribution >= 4 is 29.2 Å². The fourth-order valence-corrected chi connectivity index (χ4v) is 2.83. The molecule has 0 saturated carbocycles. The van der Waals surface area contributed by atoms with E-state index in [1.165, 1.54) is 12.0 Å². The van der Waals surface area contributed by atoms with Gasteiger partial charge in [0, 0.05) is 29.5 Å². The predicted octanol–water partition coefficient (Wildman–Crippen LogP) is 4.37. The van der Waals surface area contributed by atoms with Crippen LogP contribution in [0.1, 0.15) is 26.3 Å². The zero-order valence-electron chi connectivity index (χ0n) is 16.1. The summed E-state index contributed by atoms with van der Waals surface area (Å²) in [6.45, 7) is 0. The molecule has 0 spiro atoms. The largest absolute Gasteiger partial charge is 0.452 e. The monoisotopic (exact) mass is 388 g/mol. The highest BCUT2D eigenvalue weighted by atomic mass is 16.5. The Balaban J connectivity index is 1.80. The van der Waals surface area contributed by atoms with Gasteiger partial charge in [0.25, 0.3) is 5.91 Å². The Labute approximate surface area is 168 Å². The van der Waals surface area contributed by atoms with Crippen LogP contribution in [0.5, 0.6) is 0 Å². The van der Waals surface area contributed by atoms with Gasteiger partial charge in [-0.3, -0.25) is 14.5 Å². The Morgan fingerprint density at radius 3 is 2.00 bits per heavy atom. The lowest BCUT2D eigenvalue weighted by molar-refractivity contribution is 0.0996. The molecule has 2 amide bonds. The summed E-state index contributed by atoms with van der Waals surface area (Å²) in [5, 5.41) is 2.79. The van der Waals surface area contributed by atoms with Crippen molar-refractivity contribution in [3.8, 4) is 0 Å². The number of carbonyl (C=O) groups is 3. The van der Waals surface area contributed by atoms with E-state index in [9.17, 15) is 14.4 Å². The van der Waals surface area contributed by atoms with Crippen molar-refractivity contribution in [2.24, 2.45) is 0 Å². The van der Waals surface area contributed by atoms with Gasteiger partial charge in [0.15, 0.2) is 5.78 Å². The van der Waals surface area contributed by atoms with Gasteiger partial charge in [-0.15, -0.1) is 0 Å². The maximum atomic E-state index is 12.8. The number of carbonyl (C=O) groups excluding carboxylic acids is 3. The van der Waals surface area contributed by atoms with Gasteiger partial charge < -0.3 is 10.1 Å². The smallest absolute Gasteiger partial charge is 0.413 e. The van der Waals surface area contributed by atoms with Gasteiger partial charge in [0.05, 0.1) is 12.7 Å². The van der Waals surface area contributed by atoms with Crippen molar-refractivity contribution in [1.29, 1.82) is 0 Å². The molecule has 0 unspecified atom stereocenters. The van der Waals surface area contributed by atoms with Gasteiger partial charge in [0.1, 0.15) is 0 Å². The van der Waals surface area contributed by atoms with Crippen LogP contribution in [-0.4, -0.2) is 31.9 Å². The third-order valence-corrected chi connectivity index (χ3v) is 4.41. The molecule has 0 bridgehead atoms. The fraction of sp³-hybridized carbons (Fsp3) is 0.0870. The highest BCUT2D eigenvalue weighted by Gasteiger charge is 2.18. The minimum Gasteiger partial charge on any atom is -0.452 e. The molecule has 3 rings (SSSR count). The number of rotatable bonds is 5. The maximum Gasteiger partial charge on any atom is 0.413 e. The predicted molar refractivity (Wildman–Crippen MR) is 112 cm³/mol. The molecule has 1 N–H and O–H groups in total. The van der Waals surface area contributed by atoms with Crippen LogP contribution in [0.15, 0.2) is 78.9 Å². The summed E-state index contributed by atoms with van der Waals surface area (Å²) in [6.07, 6.45) is -0.491. The molecule has 0 radical (unpaired) electrons. The lowest BCUT2D eigenvalue weighted by Gasteiger charge is -2.16. The van der Waals surface area contributed by atoms with Gasteiger partial charge in [-0.2, -0.15) is 0 Å². The van der Waals surface area contributed by atoms with E-state index >= 15 is 0 Å². The number of benzene rings is 3. The summed E-state index contributed by atoms with van der Waals surface area (Å²) < 4.78 is 4.68. The summed E-state index contributed by atoms with van der Waals surface area (Å²) in [5.41, 5.74) is 2.30. The summed E-state index contributed by atoms with van der Waals surface area (Å²) in [5.74, 6) is -0.606. The maximum absolute atomic E-state index is 12.8. The van der Waals surface area contributed by atoms with E-state index in [4.69, 9.17) is 0 Å². The summed E-state index contributed by atoms with van der Waals surface area (Å²) >= 11 is 0. The summed E-state index contributed by atoms with van der Waals surface area (Å²) in [6, 6.07) is 22.2. The van der Waals surface area contributed by atoms with Gasteiger partial charge >= 0.3 is 6.09 Å². The van der Waals surface area contributed by atoms with Crippen molar-refractivity contribution in [3.63, 3.8) is 0 Å². The van der Waals surface area contributed by atoms with Gasteiger partial charge in [-0.25, -0.2) is 4.79 Å². The molecule has 29 heavy (non-hydrogen) atoms. The molecule has 146 valence electrons. The SMILES string of the molecule is COC(=O)N(C)c1ccc(NC(=O)c2ccccc2C(=O)c2ccccc2)cc1. The number of methoxy groups -OCH3 is 1. The van der Waals surface area contributed by atoms with E-state index in [1.54, 1.807) is 79.8 Å². The van der Waals surface area contributed by atoms with Crippen LogP contribution in [-0.2, 0) is 4.74 Å². The third kappa shape index (κ3) is 4.50. The van der Waals surface area contributed by atoms with Crippen LogP contribution < -0.4 is 10.2 Å². The van der Waals surface area contributed by atoms with Gasteiger partial charge in [-0.05, 0) is 30.3 Å². The lowest BCUT2D eigenvalue weighted by Crippen LogP contribution is -2.25. The van der Waals surface area contributed by atoms with E-state index < -0.39 is 6.09 Å². The number of amides is 2. The van der Waals surface area contributed by atoms with Crippen molar-refractivity contribution in [3.05, 3.63) is 95.6 Å². The first kappa shape index (κ1) is 19.8. The first-order valence-corrected chi connectivity index (χ1v) is 8.93. The molecular formula is C23H20N2O4. The Kier molecular flexibility index (Phi) is 6.04. The van der Waals surface area contributed by atoms with Crippen LogP contribution in [0.2, 0.25) is 0 Å². The Morgan fingerprint density at radius 2 is 1.38 bits per heavy atom. The van der Waals surface area contributed by atoms with Crippen molar-refractivity contribution in [2.45, 2.75) is 0 Å². The molecule has 6 heteroatoms. The van der Waals surface area contributed by atoms with E-state index in [0.29, 0.717) is 22.5 Å². The average Bonchev–Trinajstić information content (AvgIpc) is 2.78. The number of hydrogen-bond donors (Lipinski definition) is 1. The number of ketones is 1. The second-order valence-corrected chi connectivity index (χ2v) is 6.27. The molecule has 0 aliphatic rings. The third-order valence-electron chi connectivity index (χ3n) is 4.41. The molecular weight excluding hydrogens is 368 g/mol. The van der Waals surface area contributed by atoms with Crippen LogP contribution in [0.4, 0.5) is 16.2 Å². The zero-order valence-corrected chi connectivity index (χ0v) is 16.1. The summed E-state index contributed by atoms with van der Waals surface area (Å²) in [4.78, 5) is 38.5. The zero-order chi connectivity index (χ0) is 20.8. The molecule has 3 aromatic carbocycles. The quantitative estimate of drug-likeness (QED) is 0.659. The van der Waals surface area contributed by atoms with E-state index in [-0.39, 0.29) is 17.3 Å². The molecule has 0 saturated heterocycles. The average molecular weight is 388 g/mol. The van der Waals surface area contributed by atoms with Crippen molar-refractivity contribution < 1.29 is 19.1 Å². The fourth-order valence-electron chi connectivity index (χ4n) is 2.83. The Morgan fingerprint density at radius 1 is 0.793 bits per heavy atom. The standard InChI is InChI=1S/C23H20N2O4/c1-25(23(28)29-2)18-14-12-17(13-15-18)24-22(27)20-11-7-6-10-19(20)21(26)16-8-4-3-5-9-16/h3-15H,1-2H3,(H,24,27). The first-order chi connectivity index (χ1) is 14.0. The van der Waals surface area contributed by atoms with Crippen LogP contribution in [0.25, 0.3) is 0 Å². The molecule has 0 aliphatic heterocycles. The normalized spacial score (nSPS) is 10.1. The molecule has 6 nitrogen and oxygen atoms in total. The second kappa shape index (κ2) is 8.84. The Hall–Kier alpha value is -3.93. The molecule has 0 atom stereocenters. The number of nitrogens with zero attached hydrogens (tertiary/aromatic N) is 1. The first-order valence-electron chi connectivity index (χ1n) is 8.93. The van der Waals surface area contributed by atoms with E-state index in [2.05, 4.69) is 10.1 Å². The van der Waals surface area contributed by atoms with E-state index in [0.717, 1.165) is 0 Å². The second-order valence-electron chi connectivity index (χ2n) is 6.27. The molecule has 0 aromatic heterocycles. The Bertz CT molecular complexity index is 1030. The highest BCUT2D eigenvalue weighted by Crippen LogP contribution is 2.20. The minimum atomic E-state index is -0.491. The van der Waals surface area contributed by atoms with Gasteiger partial charge in [0.2, 0.25) is 0 Å². The summed E-state index contributed by atoms with van der Waals surface area (Å²) in [7, 11) is 2.90.